The number of nitrogens with zero attached hydrogens (tertiary/aromatic N) is 2. The van der Waals surface area contributed by atoms with Crippen molar-refractivity contribution >= 4 is 6.41 Å². The fraction of sp³-hybridized carbons (Fsp3) is 0.214. The number of hydrogen-bond donors (Lipinski definition) is 0. The molecule has 0 N–H and O–H groups in total. The molecule has 0 bridgehead atoms. The predicted molar refractivity (Wildman–Crippen MR) is 69.4 cm³/mol. The van der Waals surface area contributed by atoms with Gasteiger partial charge in [-0.1, -0.05) is 30.3 Å². The number of carbonyl (C=O) groups is 1. The summed E-state index contributed by atoms with van der Waals surface area (Å²) >= 11 is 0. The van der Waals surface area contributed by atoms with Crippen molar-refractivity contribution in [2.45, 2.75) is 20.5 Å². The van der Waals surface area contributed by atoms with Crippen molar-refractivity contribution in [1.82, 2.24) is 4.68 Å². The van der Waals surface area contributed by atoms with Crippen LogP contribution < -0.4 is 5.17 Å². The summed E-state index contributed by atoms with van der Waals surface area (Å²) in [7, 11) is 0. The maximum atomic E-state index is 11.1. The number of rotatable bonds is 5. The van der Waals surface area contributed by atoms with E-state index in [1.54, 1.807) is 4.68 Å². The number of aromatic nitrogens is 1. The lowest BCUT2D eigenvalue weighted by atomic mass is 10.2. The monoisotopic (exact) mass is 244 g/mol. The molecule has 4 nitrogen and oxygen atoms in total. The third-order valence-corrected chi connectivity index (χ3v) is 2.73. The minimum atomic E-state index is 0.358. The molecule has 0 atom stereocenters. The first-order valence-corrected chi connectivity index (χ1v) is 5.79. The minimum absolute atomic E-state index is 0.358. The van der Waals surface area contributed by atoms with Crippen molar-refractivity contribution in [1.29, 1.82) is 0 Å². The fourth-order valence-corrected chi connectivity index (χ4v) is 1.82. The molecule has 0 aliphatic rings. The van der Waals surface area contributed by atoms with E-state index < -0.39 is 0 Å². The van der Waals surface area contributed by atoms with Crippen molar-refractivity contribution in [3.63, 3.8) is 0 Å². The summed E-state index contributed by atoms with van der Waals surface area (Å²) < 4.78 is 1.73. The zero-order chi connectivity index (χ0) is 13.0. The summed E-state index contributed by atoms with van der Waals surface area (Å²) in [6, 6.07) is 13.6. The van der Waals surface area contributed by atoms with Crippen LogP contribution in [0.1, 0.15) is 17.0 Å². The molecule has 0 aliphatic carbocycles. The van der Waals surface area contributed by atoms with Gasteiger partial charge in [0.1, 0.15) is 6.61 Å². The third-order valence-electron chi connectivity index (χ3n) is 2.73. The molecule has 1 aromatic carbocycles. The van der Waals surface area contributed by atoms with Crippen molar-refractivity contribution in [3.05, 3.63) is 59.4 Å². The number of hydrogen-bond acceptors (Lipinski definition) is 2. The van der Waals surface area contributed by atoms with Crippen LogP contribution in [-0.4, -0.2) is 11.1 Å². The van der Waals surface area contributed by atoms with Crippen molar-refractivity contribution in [2.75, 3.05) is 5.17 Å². The third kappa shape index (κ3) is 2.60. The van der Waals surface area contributed by atoms with Crippen LogP contribution >= 0.6 is 0 Å². The van der Waals surface area contributed by atoms with Crippen LogP contribution in [0.5, 0.6) is 0 Å². The Labute approximate surface area is 106 Å². The molecule has 2 rings (SSSR count). The maximum Gasteiger partial charge on any atom is 0.255 e. The van der Waals surface area contributed by atoms with Crippen LogP contribution in [0.15, 0.2) is 42.5 Å². The van der Waals surface area contributed by atoms with E-state index >= 15 is 0 Å². The maximum absolute atomic E-state index is 11.1. The SMILES string of the molecule is Cc1ccc(C)n1N(C=O)OCc1ccccc1. The van der Waals surface area contributed by atoms with Gasteiger partial charge in [-0.3, -0.25) is 4.79 Å². The van der Waals surface area contributed by atoms with Gasteiger partial charge in [0.05, 0.1) is 0 Å². The zero-order valence-corrected chi connectivity index (χ0v) is 10.5. The van der Waals surface area contributed by atoms with E-state index in [-0.39, 0.29) is 0 Å². The standard InChI is InChI=1S/C14H16N2O2/c1-12-8-9-13(2)16(12)15(11-17)18-10-14-6-4-3-5-7-14/h3-9,11H,10H2,1-2H3. The molecule has 1 aromatic heterocycles. The van der Waals surface area contributed by atoms with E-state index in [4.69, 9.17) is 4.84 Å². The van der Waals surface area contributed by atoms with Crippen molar-refractivity contribution < 1.29 is 9.63 Å². The van der Waals surface area contributed by atoms with Crippen molar-refractivity contribution in [2.24, 2.45) is 0 Å². The second-order valence-electron chi connectivity index (χ2n) is 4.09. The first kappa shape index (κ1) is 12.4. The van der Waals surface area contributed by atoms with E-state index in [1.807, 2.05) is 56.3 Å². The largest absolute Gasteiger partial charge is 0.274 e. The average molecular weight is 244 g/mol. The highest BCUT2D eigenvalue weighted by Gasteiger charge is 2.10. The van der Waals surface area contributed by atoms with Crippen LogP contribution in [-0.2, 0) is 16.2 Å². The molecule has 0 aliphatic heterocycles. The number of benzene rings is 1. The van der Waals surface area contributed by atoms with Gasteiger partial charge < -0.3 is 0 Å². The number of hydroxylamine groups is 1. The molecular weight excluding hydrogens is 228 g/mol. The molecule has 94 valence electrons. The molecule has 0 radical (unpaired) electrons. The van der Waals surface area contributed by atoms with Gasteiger partial charge in [0.15, 0.2) is 0 Å². The Bertz CT molecular complexity index is 500. The van der Waals surface area contributed by atoms with Gasteiger partial charge in [0, 0.05) is 11.4 Å². The summed E-state index contributed by atoms with van der Waals surface area (Å²) in [5.41, 5.74) is 2.92. The fourth-order valence-electron chi connectivity index (χ4n) is 1.82. The molecule has 0 spiro atoms. The van der Waals surface area contributed by atoms with Crippen LogP contribution in [0, 0.1) is 13.8 Å². The lowest BCUT2D eigenvalue weighted by Gasteiger charge is -2.21. The topological polar surface area (TPSA) is 34.5 Å². The Morgan fingerprint density at radius 2 is 1.72 bits per heavy atom. The summed E-state index contributed by atoms with van der Waals surface area (Å²) in [5, 5.41) is 1.22. The van der Waals surface area contributed by atoms with Crippen LogP contribution in [0.4, 0.5) is 0 Å². The number of carbonyl (C=O) groups excluding carboxylic acids is 1. The summed E-state index contributed by atoms with van der Waals surface area (Å²) in [4.78, 5) is 16.6. The molecule has 1 amide bonds. The molecule has 2 aromatic rings. The average Bonchev–Trinajstić information content (AvgIpc) is 2.73. The van der Waals surface area contributed by atoms with Gasteiger partial charge >= 0.3 is 0 Å². The Hall–Kier alpha value is -2.07. The lowest BCUT2D eigenvalue weighted by molar-refractivity contribution is -0.118. The Morgan fingerprint density at radius 3 is 2.28 bits per heavy atom. The van der Waals surface area contributed by atoms with Gasteiger partial charge in [-0.15, -0.1) is 5.17 Å². The second kappa shape index (κ2) is 5.51. The zero-order valence-electron chi connectivity index (χ0n) is 10.5. The van der Waals surface area contributed by atoms with Gasteiger partial charge in [-0.25, -0.2) is 9.51 Å². The Morgan fingerprint density at radius 1 is 1.11 bits per heavy atom. The normalized spacial score (nSPS) is 10.3. The highest BCUT2D eigenvalue weighted by atomic mass is 16.7. The van der Waals surface area contributed by atoms with E-state index in [0.29, 0.717) is 13.0 Å². The summed E-state index contributed by atoms with van der Waals surface area (Å²) in [5.74, 6) is 0. The van der Waals surface area contributed by atoms with E-state index in [0.717, 1.165) is 17.0 Å². The molecule has 4 heteroatoms. The number of aryl methyl sites for hydroxylation is 2. The first-order valence-electron chi connectivity index (χ1n) is 5.79. The van der Waals surface area contributed by atoms with E-state index in [1.165, 1.54) is 5.17 Å². The Balaban J connectivity index is 2.09. The highest BCUT2D eigenvalue weighted by molar-refractivity contribution is 5.58. The molecule has 0 saturated heterocycles. The van der Waals surface area contributed by atoms with Crippen LogP contribution in [0.2, 0.25) is 0 Å². The van der Waals surface area contributed by atoms with E-state index in [2.05, 4.69) is 0 Å². The van der Waals surface area contributed by atoms with Crippen molar-refractivity contribution in [3.8, 4) is 0 Å². The van der Waals surface area contributed by atoms with Crippen LogP contribution in [0.3, 0.4) is 0 Å². The minimum Gasteiger partial charge on any atom is -0.274 e. The molecule has 1 heterocycles. The highest BCUT2D eigenvalue weighted by Crippen LogP contribution is 2.09. The first-order chi connectivity index (χ1) is 8.72. The lowest BCUT2D eigenvalue weighted by Crippen LogP contribution is -2.34. The summed E-state index contributed by atoms with van der Waals surface area (Å²) in [6.45, 7) is 4.21. The van der Waals surface area contributed by atoms with Crippen LogP contribution in [0.25, 0.3) is 0 Å². The van der Waals surface area contributed by atoms with Gasteiger partial charge in [-0.05, 0) is 31.5 Å². The smallest absolute Gasteiger partial charge is 0.255 e. The molecule has 0 unspecified atom stereocenters. The second-order valence-corrected chi connectivity index (χ2v) is 4.09. The quantitative estimate of drug-likeness (QED) is 0.597. The Kier molecular flexibility index (Phi) is 3.79. The van der Waals surface area contributed by atoms with E-state index in [9.17, 15) is 4.79 Å². The molecule has 0 fully saturated rings. The predicted octanol–water partition coefficient (Wildman–Crippen LogP) is 2.33. The van der Waals surface area contributed by atoms with Gasteiger partial charge in [0.25, 0.3) is 6.41 Å². The van der Waals surface area contributed by atoms with Gasteiger partial charge in [0.2, 0.25) is 0 Å². The molecular formula is C14H16N2O2. The molecule has 0 saturated carbocycles. The van der Waals surface area contributed by atoms with Gasteiger partial charge in [-0.2, -0.15) is 0 Å². The molecule has 18 heavy (non-hydrogen) atoms. The number of amides is 1. The summed E-state index contributed by atoms with van der Waals surface area (Å²) in [6.07, 6.45) is 0.670.